The van der Waals surface area contributed by atoms with E-state index >= 15 is 0 Å². The molecule has 0 bridgehead atoms. The monoisotopic (exact) mass is 226 g/mol. The molecule has 4 nitrogen and oxygen atoms in total. The Hall–Kier alpha value is -1.23. The van der Waals surface area contributed by atoms with Crippen molar-refractivity contribution >= 4 is 5.78 Å². The van der Waals surface area contributed by atoms with Crippen molar-refractivity contribution in [3.05, 3.63) is 35.9 Å². The molecule has 16 heavy (non-hydrogen) atoms. The Morgan fingerprint density at radius 3 is 1.62 bits per heavy atom. The first kappa shape index (κ1) is 14.8. The molecule has 0 heterocycles. The van der Waals surface area contributed by atoms with Gasteiger partial charge in [-0.05, 0) is 6.92 Å². The number of ether oxygens (including phenoxy) is 3. The molecule has 0 aliphatic carbocycles. The summed E-state index contributed by atoms with van der Waals surface area (Å²) >= 11 is 0. The lowest BCUT2D eigenvalue weighted by molar-refractivity contribution is -0.252. The van der Waals surface area contributed by atoms with Crippen LogP contribution in [0.4, 0.5) is 0 Å². The molecule has 0 spiro atoms. The van der Waals surface area contributed by atoms with E-state index in [2.05, 4.69) is 14.2 Å². The lowest BCUT2D eigenvalue weighted by Crippen LogP contribution is -2.14. The molecule has 0 saturated heterocycles. The Kier molecular flexibility index (Phi) is 8.34. The van der Waals surface area contributed by atoms with Crippen LogP contribution in [-0.2, 0) is 14.2 Å². The quantitative estimate of drug-likeness (QED) is 0.582. The maximum atomic E-state index is 10.6. The maximum absolute atomic E-state index is 10.6. The Morgan fingerprint density at radius 2 is 1.44 bits per heavy atom. The van der Waals surface area contributed by atoms with Crippen molar-refractivity contribution in [1.29, 1.82) is 0 Å². The number of rotatable bonds is 4. The fourth-order valence-corrected chi connectivity index (χ4v) is 0.962. The largest absolute Gasteiger partial charge is 0.333 e. The van der Waals surface area contributed by atoms with Crippen LogP contribution in [0.5, 0.6) is 0 Å². The van der Waals surface area contributed by atoms with Crippen LogP contribution in [0.2, 0.25) is 0 Å². The van der Waals surface area contributed by atoms with Crippen molar-refractivity contribution < 1.29 is 19.0 Å². The van der Waals surface area contributed by atoms with E-state index in [1.54, 1.807) is 6.92 Å². The van der Waals surface area contributed by atoms with Gasteiger partial charge in [0.1, 0.15) is 0 Å². The minimum absolute atomic E-state index is 0.121. The molecular weight excluding hydrogens is 208 g/mol. The summed E-state index contributed by atoms with van der Waals surface area (Å²) in [7, 11) is 4.53. The van der Waals surface area contributed by atoms with Gasteiger partial charge in [-0.25, -0.2) is 0 Å². The molecule has 90 valence electrons. The smallest absolute Gasteiger partial charge is 0.270 e. The summed E-state index contributed by atoms with van der Waals surface area (Å²) in [6.45, 7) is 1.05. The zero-order valence-corrected chi connectivity index (χ0v) is 10.1. The lowest BCUT2D eigenvalue weighted by atomic mass is 10.2. The van der Waals surface area contributed by atoms with Crippen LogP contribution in [0.1, 0.15) is 17.3 Å². The van der Waals surface area contributed by atoms with Crippen LogP contribution in [0.15, 0.2) is 30.3 Å². The van der Waals surface area contributed by atoms with Crippen molar-refractivity contribution in [2.24, 2.45) is 0 Å². The molecular formula is C12H18O4. The summed E-state index contributed by atoms with van der Waals surface area (Å²) in [6.07, 6.45) is 0. The molecule has 0 fully saturated rings. The summed E-state index contributed by atoms with van der Waals surface area (Å²) < 4.78 is 13.8. The van der Waals surface area contributed by atoms with Gasteiger partial charge in [0, 0.05) is 26.9 Å². The van der Waals surface area contributed by atoms with Gasteiger partial charge in [-0.15, -0.1) is 0 Å². The van der Waals surface area contributed by atoms with Gasteiger partial charge >= 0.3 is 0 Å². The van der Waals surface area contributed by atoms with Crippen molar-refractivity contribution in [3.8, 4) is 0 Å². The van der Waals surface area contributed by atoms with Gasteiger partial charge in [0.15, 0.2) is 5.78 Å². The fraction of sp³-hybridized carbons (Fsp3) is 0.417. The zero-order chi connectivity index (χ0) is 12.4. The second-order valence-corrected chi connectivity index (χ2v) is 2.92. The molecule has 0 saturated carbocycles. The van der Waals surface area contributed by atoms with Crippen LogP contribution >= 0.6 is 0 Å². The highest BCUT2D eigenvalue weighted by Crippen LogP contribution is 1.97. The van der Waals surface area contributed by atoms with E-state index in [1.165, 1.54) is 21.3 Å². The molecule has 0 aliphatic heterocycles. The van der Waals surface area contributed by atoms with E-state index in [1.807, 2.05) is 30.3 Å². The SMILES string of the molecule is CC(=O)c1ccccc1.COC(OC)OC. The molecule has 1 aromatic carbocycles. The number of Topliss-reactive ketones (excluding diaryl/α,β-unsaturated/α-hetero) is 1. The molecule has 0 radical (unpaired) electrons. The molecule has 1 aromatic rings. The van der Waals surface area contributed by atoms with Gasteiger partial charge < -0.3 is 14.2 Å². The van der Waals surface area contributed by atoms with E-state index in [0.29, 0.717) is 0 Å². The Balaban J connectivity index is 0.000000293. The number of carbonyl (C=O) groups excluding carboxylic acids is 1. The number of hydrogen-bond acceptors (Lipinski definition) is 4. The number of carbonyl (C=O) groups is 1. The van der Waals surface area contributed by atoms with E-state index < -0.39 is 6.48 Å². The van der Waals surface area contributed by atoms with Crippen molar-refractivity contribution in [3.63, 3.8) is 0 Å². The normalized spacial score (nSPS) is 9.56. The summed E-state index contributed by atoms with van der Waals surface area (Å²) in [5.74, 6) is 0.121. The van der Waals surface area contributed by atoms with Crippen LogP contribution in [-0.4, -0.2) is 33.6 Å². The number of ketones is 1. The maximum Gasteiger partial charge on any atom is 0.270 e. The molecule has 0 amide bonds. The minimum atomic E-state index is -0.514. The number of methoxy groups -OCH3 is 3. The predicted octanol–water partition coefficient (Wildman–Crippen LogP) is 2.10. The third-order valence-electron chi connectivity index (χ3n) is 1.76. The second kappa shape index (κ2) is 9.03. The van der Waals surface area contributed by atoms with Crippen molar-refractivity contribution in [2.75, 3.05) is 21.3 Å². The predicted molar refractivity (Wildman–Crippen MR) is 61.3 cm³/mol. The molecule has 0 aliphatic rings. The number of hydrogen-bond donors (Lipinski definition) is 0. The standard InChI is InChI=1S/C8H8O.C4H10O3/c1-7(9)8-5-3-2-4-6-8;1-5-4(6-2)7-3/h2-6H,1H3;4H,1-3H3. The van der Waals surface area contributed by atoms with Crippen molar-refractivity contribution in [1.82, 2.24) is 0 Å². The molecule has 0 N–H and O–H groups in total. The number of benzene rings is 1. The third kappa shape index (κ3) is 6.29. The third-order valence-corrected chi connectivity index (χ3v) is 1.76. The summed E-state index contributed by atoms with van der Waals surface area (Å²) in [5.41, 5.74) is 0.775. The molecule has 0 aromatic heterocycles. The summed E-state index contributed by atoms with van der Waals surface area (Å²) in [4.78, 5) is 10.6. The Morgan fingerprint density at radius 1 is 1.00 bits per heavy atom. The van der Waals surface area contributed by atoms with Crippen molar-refractivity contribution in [2.45, 2.75) is 13.4 Å². The summed E-state index contributed by atoms with van der Waals surface area (Å²) in [6, 6.07) is 9.23. The minimum Gasteiger partial charge on any atom is -0.333 e. The van der Waals surface area contributed by atoms with Crippen LogP contribution in [0.25, 0.3) is 0 Å². The van der Waals surface area contributed by atoms with Gasteiger partial charge in [0.25, 0.3) is 6.48 Å². The lowest BCUT2D eigenvalue weighted by Gasteiger charge is -2.08. The van der Waals surface area contributed by atoms with Gasteiger partial charge in [-0.2, -0.15) is 0 Å². The average molecular weight is 226 g/mol. The topological polar surface area (TPSA) is 44.8 Å². The fourth-order valence-electron chi connectivity index (χ4n) is 0.962. The highest BCUT2D eigenvalue weighted by Gasteiger charge is 1.97. The molecule has 0 unspecified atom stereocenters. The van der Waals surface area contributed by atoms with Crippen LogP contribution < -0.4 is 0 Å². The summed E-state index contributed by atoms with van der Waals surface area (Å²) in [5, 5.41) is 0. The molecule has 1 rings (SSSR count). The van der Waals surface area contributed by atoms with E-state index in [4.69, 9.17) is 0 Å². The van der Waals surface area contributed by atoms with E-state index in [0.717, 1.165) is 5.56 Å². The second-order valence-electron chi connectivity index (χ2n) is 2.92. The average Bonchev–Trinajstić information content (AvgIpc) is 2.33. The highest BCUT2D eigenvalue weighted by atomic mass is 16.8. The van der Waals surface area contributed by atoms with E-state index in [-0.39, 0.29) is 5.78 Å². The molecule has 0 atom stereocenters. The Labute approximate surface area is 96.1 Å². The highest BCUT2D eigenvalue weighted by molar-refractivity contribution is 5.93. The first-order chi connectivity index (χ1) is 7.65. The zero-order valence-electron chi connectivity index (χ0n) is 10.1. The van der Waals surface area contributed by atoms with E-state index in [9.17, 15) is 4.79 Å². The van der Waals surface area contributed by atoms with Crippen LogP contribution in [0, 0.1) is 0 Å². The molecule has 4 heteroatoms. The van der Waals surface area contributed by atoms with Gasteiger partial charge in [0.2, 0.25) is 0 Å². The Bertz CT molecular complexity index is 275. The van der Waals surface area contributed by atoms with Gasteiger partial charge in [-0.1, -0.05) is 30.3 Å². The first-order valence-electron chi connectivity index (χ1n) is 4.80. The van der Waals surface area contributed by atoms with Gasteiger partial charge in [-0.3, -0.25) is 4.79 Å². The van der Waals surface area contributed by atoms with Gasteiger partial charge in [0.05, 0.1) is 0 Å². The first-order valence-corrected chi connectivity index (χ1v) is 4.80. The van der Waals surface area contributed by atoms with Crippen LogP contribution in [0.3, 0.4) is 0 Å².